The second kappa shape index (κ2) is 12.6. The van der Waals surface area contributed by atoms with E-state index in [1.165, 1.54) is 12.1 Å². The minimum Gasteiger partial charge on any atom is -0.480 e. The van der Waals surface area contributed by atoms with E-state index in [-0.39, 0.29) is 24.3 Å². The van der Waals surface area contributed by atoms with Crippen molar-refractivity contribution in [1.82, 2.24) is 10.6 Å². The molecule has 0 radical (unpaired) electrons. The largest absolute Gasteiger partial charge is 0.480 e. The Hall–Kier alpha value is -3.10. The highest BCUT2D eigenvalue weighted by Crippen LogP contribution is 2.17. The van der Waals surface area contributed by atoms with Crippen molar-refractivity contribution < 1.29 is 39.4 Å². The fourth-order valence-electron chi connectivity index (χ4n) is 2.15. The first-order valence-electron chi connectivity index (χ1n) is 9.01. The van der Waals surface area contributed by atoms with E-state index in [0.29, 0.717) is 16.8 Å². The average Bonchev–Trinajstić information content (AvgIpc) is 2.72. The van der Waals surface area contributed by atoms with Crippen LogP contribution in [-0.2, 0) is 19.2 Å². The standard InChI is InChI=1S/C17H23BN4O8S/c18-9-1-3-10(4-2-9)22(30)17(29)31-8-12(15(26)20-7-14(24)25)21-13(23)6-5-11(19)16(27)28/h1-4,11-12,30H,5-8,18-19H2,(H,20,26)(H,21,23)(H,24,25)(H,27,28). The summed E-state index contributed by atoms with van der Waals surface area (Å²) in [4.78, 5) is 57.8. The molecule has 0 aliphatic rings. The van der Waals surface area contributed by atoms with Gasteiger partial charge in [-0.25, -0.2) is 0 Å². The number of carboxylic acid groups (broad SMARTS) is 2. The molecule has 3 amide bonds. The van der Waals surface area contributed by atoms with Gasteiger partial charge in [0.1, 0.15) is 26.5 Å². The van der Waals surface area contributed by atoms with Crippen LogP contribution < -0.4 is 26.9 Å². The first-order chi connectivity index (χ1) is 14.5. The average molecular weight is 454 g/mol. The van der Waals surface area contributed by atoms with E-state index in [9.17, 15) is 29.2 Å². The maximum atomic E-state index is 12.2. The lowest BCUT2D eigenvalue weighted by molar-refractivity contribution is -0.139. The lowest BCUT2D eigenvalue weighted by Gasteiger charge is -2.19. The van der Waals surface area contributed by atoms with Crippen LogP contribution in [0.15, 0.2) is 24.3 Å². The molecule has 12 nitrogen and oxygen atoms in total. The van der Waals surface area contributed by atoms with Gasteiger partial charge < -0.3 is 26.6 Å². The van der Waals surface area contributed by atoms with E-state index in [4.69, 9.17) is 15.9 Å². The number of hydroxylamine groups is 1. The Labute approximate surface area is 182 Å². The number of nitrogens with one attached hydrogen (secondary N) is 2. The van der Waals surface area contributed by atoms with E-state index >= 15 is 0 Å². The summed E-state index contributed by atoms with van der Waals surface area (Å²) in [7, 11) is 1.83. The highest BCUT2D eigenvalue weighted by molar-refractivity contribution is 8.13. The number of carboxylic acids is 2. The molecule has 0 saturated carbocycles. The summed E-state index contributed by atoms with van der Waals surface area (Å²) in [5.41, 5.74) is 6.44. The Kier molecular flexibility index (Phi) is 10.5. The van der Waals surface area contributed by atoms with E-state index in [2.05, 4.69) is 10.6 Å². The van der Waals surface area contributed by atoms with Crippen molar-refractivity contribution in [2.75, 3.05) is 17.4 Å². The molecule has 1 aromatic rings. The number of carbonyl (C=O) groups is 5. The highest BCUT2D eigenvalue weighted by Gasteiger charge is 2.25. The summed E-state index contributed by atoms with van der Waals surface area (Å²) < 4.78 is 0. The SMILES string of the molecule is Bc1ccc(N(O)C(=O)SCC(NC(=O)CCC(N)C(=O)O)C(=O)NCC(=O)O)cc1. The molecule has 14 heteroatoms. The van der Waals surface area contributed by atoms with Crippen LogP contribution in [0.2, 0.25) is 0 Å². The van der Waals surface area contributed by atoms with Gasteiger partial charge in [-0.1, -0.05) is 29.4 Å². The summed E-state index contributed by atoms with van der Waals surface area (Å²) in [6, 6.07) is 3.81. The number of rotatable bonds is 11. The molecule has 7 N–H and O–H groups in total. The molecule has 0 aromatic heterocycles. The Morgan fingerprint density at radius 2 is 1.74 bits per heavy atom. The number of nitrogens with zero attached hydrogens (tertiary/aromatic N) is 1. The predicted molar refractivity (Wildman–Crippen MR) is 114 cm³/mol. The third-order valence-electron chi connectivity index (χ3n) is 3.89. The van der Waals surface area contributed by atoms with Gasteiger partial charge in [-0.05, 0) is 18.6 Å². The molecule has 0 spiro atoms. The Balaban J connectivity index is 2.74. The third kappa shape index (κ3) is 9.50. The van der Waals surface area contributed by atoms with Crippen LogP contribution >= 0.6 is 11.8 Å². The Morgan fingerprint density at radius 3 is 2.29 bits per heavy atom. The number of thioether (sulfide) groups is 1. The summed E-state index contributed by atoms with van der Waals surface area (Å²) in [5.74, 6) is -4.48. The summed E-state index contributed by atoms with van der Waals surface area (Å²) >= 11 is 0.521. The number of benzene rings is 1. The second-order valence-corrected chi connectivity index (χ2v) is 7.41. The number of hydrogen-bond donors (Lipinski definition) is 6. The van der Waals surface area contributed by atoms with Crippen molar-refractivity contribution in [3.63, 3.8) is 0 Å². The number of amides is 3. The van der Waals surface area contributed by atoms with Crippen LogP contribution in [-0.4, -0.2) is 76.6 Å². The lowest BCUT2D eigenvalue weighted by Crippen LogP contribution is -2.50. The van der Waals surface area contributed by atoms with Crippen LogP contribution in [0.4, 0.5) is 10.5 Å². The topological polar surface area (TPSA) is 199 Å². The molecule has 0 aliphatic heterocycles. The Morgan fingerprint density at radius 1 is 1.13 bits per heavy atom. The predicted octanol–water partition coefficient (Wildman–Crippen LogP) is -2.13. The van der Waals surface area contributed by atoms with Crippen molar-refractivity contribution in [3.05, 3.63) is 24.3 Å². The van der Waals surface area contributed by atoms with E-state index in [0.717, 1.165) is 5.46 Å². The molecule has 168 valence electrons. The smallest absolute Gasteiger partial charge is 0.322 e. The Bertz CT molecular complexity index is 823. The molecule has 0 fully saturated rings. The van der Waals surface area contributed by atoms with Crippen molar-refractivity contribution in [1.29, 1.82) is 0 Å². The van der Waals surface area contributed by atoms with Gasteiger partial charge in [-0.15, -0.1) is 0 Å². The molecule has 1 rings (SSSR count). The number of anilines is 1. The summed E-state index contributed by atoms with van der Waals surface area (Å²) in [6.45, 7) is -0.705. The lowest BCUT2D eigenvalue weighted by atomic mass is 9.96. The van der Waals surface area contributed by atoms with Crippen molar-refractivity contribution in [2.24, 2.45) is 5.73 Å². The zero-order chi connectivity index (χ0) is 23.6. The van der Waals surface area contributed by atoms with E-state index in [1.807, 2.05) is 7.85 Å². The maximum Gasteiger partial charge on any atom is 0.322 e. The fraction of sp³-hybridized carbons (Fsp3) is 0.353. The van der Waals surface area contributed by atoms with Crippen LogP contribution in [0, 0.1) is 0 Å². The molecule has 0 aliphatic carbocycles. The van der Waals surface area contributed by atoms with Gasteiger partial charge in [0.2, 0.25) is 11.8 Å². The molecule has 0 saturated heterocycles. The van der Waals surface area contributed by atoms with Crippen LogP contribution in [0.5, 0.6) is 0 Å². The van der Waals surface area contributed by atoms with E-state index in [1.54, 1.807) is 12.1 Å². The molecule has 2 unspecified atom stereocenters. The molecule has 1 aromatic carbocycles. The van der Waals surface area contributed by atoms with Gasteiger partial charge in [-0.2, -0.15) is 5.06 Å². The van der Waals surface area contributed by atoms with Gasteiger partial charge in [0.15, 0.2) is 0 Å². The van der Waals surface area contributed by atoms with E-state index < -0.39 is 47.6 Å². The highest BCUT2D eigenvalue weighted by atomic mass is 32.2. The van der Waals surface area contributed by atoms with Crippen molar-refractivity contribution >= 4 is 59.8 Å². The van der Waals surface area contributed by atoms with Crippen molar-refractivity contribution in [3.8, 4) is 0 Å². The summed E-state index contributed by atoms with van der Waals surface area (Å²) in [5, 5.41) is 31.4. The summed E-state index contributed by atoms with van der Waals surface area (Å²) in [6.07, 6.45) is -0.487. The number of nitrogens with two attached hydrogens (primary N) is 1. The molecular formula is C17H23BN4O8S. The van der Waals surface area contributed by atoms with Crippen LogP contribution in [0.3, 0.4) is 0 Å². The monoisotopic (exact) mass is 454 g/mol. The first-order valence-corrected chi connectivity index (χ1v) is 9.99. The quantitative estimate of drug-likeness (QED) is 0.122. The van der Waals surface area contributed by atoms with Gasteiger partial charge in [0, 0.05) is 12.2 Å². The van der Waals surface area contributed by atoms with Gasteiger partial charge in [0.25, 0.3) is 0 Å². The first kappa shape index (κ1) is 25.9. The zero-order valence-electron chi connectivity index (χ0n) is 16.6. The van der Waals surface area contributed by atoms with Crippen molar-refractivity contribution in [2.45, 2.75) is 24.9 Å². The minimum atomic E-state index is -1.31. The number of carbonyl (C=O) groups excluding carboxylic acids is 3. The molecule has 2 atom stereocenters. The number of hydrogen-bond acceptors (Lipinski definition) is 8. The third-order valence-corrected chi connectivity index (χ3v) is 4.81. The maximum absolute atomic E-state index is 12.2. The molecule has 0 bridgehead atoms. The minimum absolute atomic E-state index is 0.186. The number of aliphatic carboxylic acids is 2. The second-order valence-electron chi connectivity index (χ2n) is 6.44. The van der Waals surface area contributed by atoms with Crippen LogP contribution in [0.1, 0.15) is 12.8 Å². The molecular weight excluding hydrogens is 431 g/mol. The normalized spacial score (nSPS) is 12.3. The fourth-order valence-corrected chi connectivity index (χ4v) is 2.92. The van der Waals surface area contributed by atoms with Gasteiger partial charge in [-0.3, -0.25) is 29.2 Å². The molecule has 31 heavy (non-hydrogen) atoms. The molecule has 0 heterocycles. The van der Waals surface area contributed by atoms with Crippen LogP contribution in [0.25, 0.3) is 0 Å². The van der Waals surface area contributed by atoms with Gasteiger partial charge >= 0.3 is 17.2 Å². The van der Waals surface area contributed by atoms with Gasteiger partial charge in [0.05, 0.1) is 5.69 Å². The zero-order valence-corrected chi connectivity index (χ0v) is 17.4.